The van der Waals surface area contributed by atoms with Gasteiger partial charge in [-0.05, 0) is 41.5 Å². The van der Waals surface area contributed by atoms with Crippen LogP contribution in [0.15, 0.2) is 48.5 Å². The number of carbonyl (C=O) groups excluding carboxylic acids is 2. The van der Waals surface area contributed by atoms with Crippen LogP contribution in [-0.4, -0.2) is 41.8 Å². The Kier molecular flexibility index (Phi) is 6.44. The second kappa shape index (κ2) is 9.42. The summed E-state index contributed by atoms with van der Waals surface area (Å²) in [7, 11) is 0. The van der Waals surface area contributed by atoms with E-state index in [0.29, 0.717) is 19.3 Å². The van der Waals surface area contributed by atoms with Crippen molar-refractivity contribution in [3.63, 3.8) is 0 Å². The topological polar surface area (TPSA) is 105 Å². The summed E-state index contributed by atoms with van der Waals surface area (Å²) in [6, 6.07) is 15.0. The number of carbonyl (C=O) groups is 3. The van der Waals surface area contributed by atoms with E-state index < -0.39 is 24.0 Å². The number of benzene rings is 2. The maximum atomic E-state index is 12.6. The quantitative estimate of drug-likeness (QED) is 0.614. The number of carboxylic acids is 1. The molecule has 2 aromatic rings. The molecular weight excluding hydrogens is 408 g/mol. The smallest absolute Gasteiger partial charge is 0.407 e. The molecule has 0 bridgehead atoms. The molecule has 2 aliphatic rings. The molecule has 1 unspecified atom stereocenters. The van der Waals surface area contributed by atoms with Crippen LogP contribution in [-0.2, 0) is 14.3 Å². The molecule has 2 aliphatic carbocycles. The van der Waals surface area contributed by atoms with E-state index in [-0.39, 0.29) is 24.5 Å². The lowest BCUT2D eigenvalue weighted by molar-refractivity contribution is -0.142. The van der Waals surface area contributed by atoms with Crippen LogP contribution in [0.4, 0.5) is 4.79 Å². The van der Waals surface area contributed by atoms with Crippen molar-refractivity contribution in [1.82, 2.24) is 10.6 Å². The minimum absolute atomic E-state index is 0.0308. The molecule has 32 heavy (non-hydrogen) atoms. The van der Waals surface area contributed by atoms with E-state index in [1.165, 1.54) is 0 Å². The number of carboxylic acid groups (broad SMARTS) is 1. The van der Waals surface area contributed by atoms with E-state index in [0.717, 1.165) is 28.7 Å². The summed E-state index contributed by atoms with van der Waals surface area (Å²) in [4.78, 5) is 36.4. The summed E-state index contributed by atoms with van der Waals surface area (Å²) in [5, 5.41) is 14.6. The Morgan fingerprint density at radius 2 is 1.66 bits per heavy atom. The molecule has 1 fully saturated rings. The Bertz CT molecular complexity index is 975. The van der Waals surface area contributed by atoms with Crippen LogP contribution in [0.3, 0.4) is 0 Å². The molecule has 0 aromatic heterocycles. The number of hydrogen-bond donors (Lipinski definition) is 3. The first kappa shape index (κ1) is 21.9. The zero-order valence-electron chi connectivity index (χ0n) is 18.0. The lowest BCUT2D eigenvalue weighted by Gasteiger charge is -2.22. The highest BCUT2D eigenvalue weighted by Crippen LogP contribution is 2.44. The van der Waals surface area contributed by atoms with E-state index >= 15 is 0 Å². The highest BCUT2D eigenvalue weighted by Gasteiger charge is 2.36. The zero-order chi connectivity index (χ0) is 22.7. The minimum atomic E-state index is -1.06. The van der Waals surface area contributed by atoms with Gasteiger partial charge in [0.15, 0.2) is 0 Å². The van der Waals surface area contributed by atoms with E-state index in [2.05, 4.69) is 34.9 Å². The van der Waals surface area contributed by atoms with Crippen molar-refractivity contribution < 1.29 is 24.2 Å². The summed E-state index contributed by atoms with van der Waals surface area (Å²) in [6.07, 6.45) is 1.80. The van der Waals surface area contributed by atoms with Gasteiger partial charge < -0.3 is 20.5 Å². The summed E-state index contributed by atoms with van der Waals surface area (Å²) in [5.41, 5.74) is 4.60. The first-order chi connectivity index (χ1) is 15.5. The Morgan fingerprint density at radius 3 is 2.25 bits per heavy atom. The van der Waals surface area contributed by atoms with Gasteiger partial charge in [0.1, 0.15) is 12.6 Å². The summed E-state index contributed by atoms with van der Waals surface area (Å²) in [6.45, 7) is 1.92. The number of hydrogen-bond acceptors (Lipinski definition) is 4. The van der Waals surface area contributed by atoms with Gasteiger partial charge in [-0.15, -0.1) is 0 Å². The van der Waals surface area contributed by atoms with Crippen molar-refractivity contribution in [1.29, 1.82) is 0 Å². The maximum absolute atomic E-state index is 12.6. The number of alkyl carbamates (subject to hydrolysis) is 1. The monoisotopic (exact) mass is 436 g/mol. The van der Waals surface area contributed by atoms with Gasteiger partial charge in [0.05, 0.1) is 5.92 Å². The largest absolute Gasteiger partial charge is 0.480 e. The van der Waals surface area contributed by atoms with E-state index in [1.807, 2.05) is 24.3 Å². The standard InChI is InChI=1S/C25H28N2O5/c1-2-21(24(29)30)26-23(28)19-12-7-13-22(19)27-25(31)32-14-20-17-10-5-3-8-15(17)16-9-4-6-11-18(16)20/h3-6,8-11,19-22H,2,7,12-14H2,1H3,(H,26,28)(H,27,31)(H,29,30)/t19-,21?,22+/m1/s1. The molecule has 0 radical (unpaired) electrons. The average Bonchev–Trinajstić information content (AvgIpc) is 3.38. The minimum Gasteiger partial charge on any atom is -0.480 e. The molecule has 7 heteroatoms. The van der Waals surface area contributed by atoms with Gasteiger partial charge in [-0.1, -0.05) is 61.9 Å². The number of aliphatic carboxylic acids is 1. The maximum Gasteiger partial charge on any atom is 0.407 e. The number of ether oxygens (including phenoxy) is 1. The number of nitrogens with one attached hydrogen (secondary N) is 2. The summed E-state index contributed by atoms with van der Waals surface area (Å²) in [5.74, 6) is -1.87. The fourth-order valence-electron chi connectivity index (χ4n) is 4.86. The molecule has 0 saturated heterocycles. The first-order valence-electron chi connectivity index (χ1n) is 11.1. The molecule has 4 rings (SSSR count). The molecule has 3 atom stereocenters. The van der Waals surface area contributed by atoms with Crippen LogP contribution >= 0.6 is 0 Å². The molecule has 3 N–H and O–H groups in total. The van der Waals surface area contributed by atoms with Gasteiger partial charge in [0.25, 0.3) is 0 Å². The zero-order valence-corrected chi connectivity index (χ0v) is 18.0. The fourth-order valence-corrected chi connectivity index (χ4v) is 4.86. The fraction of sp³-hybridized carbons (Fsp3) is 0.400. The second-order valence-electron chi connectivity index (χ2n) is 8.42. The van der Waals surface area contributed by atoms with Crippen molar-refractivity contribution >= 4 is 18.0 Å². The Morgan fingerprint density at radius 1 is 1.03 bits per heavy atom. The third kappa shape index (κ3) is 4.33. The first-order valence-corrected chi connectivity index (χ1v) is 11.1. The predicted molar refractivity (Wildman–Crippen MR) is 119 cm³/mol. The van der Waals surface area contributed by atoms with Crippen LogP contribution in [0.2, 0.25) is 0 Å². The summed E-state index contributed by atoms with van der Waals surface area (Å²) >= 11 is 0. The van der Waals surface area contributed by atoms with Crippen molar-refractivity contribution in [3.05, 3.63) is 59.7 Å². The van der Waals surface area contributed by atoms with E-state index in [1.54, 1.807) is 6.92 Å². The van der Waals surface area contributed by atoms with Crippen molar-refractivity contribution in [2.24, 2.45) is 5.92 Å². The summed E-state index contributed by atoms with van der Waals surface area (Å²) < 4.78 is 5.59. The Balaban J connectivity index is 1.37. The molecule has 168 valence electrons. The highest BCUT2D eigenvalue weighted by atomic mass is 16.5. The van der Waals surface area contributed by atoms with Crippen LogP contribution < -0.4 is 10.6 Å². The van der Waals surface area contributed by atoms with Crippen LogP contribution in [0.1, 0.15) is 49.7 Å². The molecule has 2 amide bonds. The van der Waals surface area contributed by atoms with Gasteiger partial charge in [-0.25, -0.2) is 9.59 Å². The van der Waals surface area contributed by atoms with E-state index in [4.69, 9.17) is 4.74 Å². The molecular formula is C25H28N2O5. The number of rotatable bonds is 7. The van der Waals surface area contributed by atoms with E-state index in [9.17, 15) is 19.5 Å². The molecule has 0 aliphatic heterocycles. The second-order valence-corrected chi connectivity index (χ2v) is 8.42. The van der Waals surface area contributed by atoms with Crippen molar-refractivity contribution in [2.75, 3.05) is 6.61 Å². The SMILES string of the molecule is CCC(NC(=O)[C@@H]1CCC[C@@H]1NC(=O)OCC1c2ccccc2-c2ccccc21)C(=O)O. The number of amides is 2. The van der Waals surface area contributed by atoms with Gasteiger partial charge in [-0.3, -0.25) is 4.79 Å². The number of fused-ring (bicyclic) bond motifs is 3. The van der Waals surface area contributed by atoms with Gasteiger partial charge in [-0.2, -0.15) is 0 Å². The highest BCUT2D eigenvalue weighted by molar-refractivity contribution is 5.86. The molecule has 2 aromatic carbocycles. The van der Waals surface area contributed by atoms with Crippen LogP contribution in [0.25, 0.3) is 11.1 Å². The normalized spacial score (nSPS) is 20.2. The third-order valence-corrected chi connectivity index (χ3v) is 6.52. The van der Waals surface area contributed by atoms with Gasteiger partial charge in [0, 0.05) is 12.0 Å². The van der Waals surface area contributed by atoms with Crippen molar-refractivity contribution in [2.45, 2.75) is 50.6 Å². The molecule has 0 heterocycles. The Labute approximate surface area is 187 Å². The lowest BCUT2D eigenvalue weighted by atomic mass is 9.98. The third-order valence-electron chi connectivity index (χ3n) is 6.52. The lowest BCUT2D eigenvalue weighted by Crippen LogP contribution is -2.48. The molecule has 7 nitrogen and oxygen atoms in total. The molecule has 0 spiro atoms. The predicted octanol–water partition coefficient (Wildman–Crippen LogP) is 3.67. The van der Waals surface area contributed by atoms with Crippen molar-refractivity contribution in [3.8, 4) is 11.1 Å². The average molecular weight is 437 g/mol. The van der Waals surface area contributed by atoms with Crippen LogP contribution in [0.5, 0.6) is 0 Å². The molecule has 1 saturated carbocycles. The van der Waals surface area contributed by atoms with Crippen LogP contribution in [0, 0.1) is 5.92 Å². The Hall–Kier alpha value is -3.35. The van der Waals surface area contributed by atoms with Gasteiger partial charge in [0.2, 0.25) is 5.91 Å². The van der Waals surface area contributed by atoms with Gasteiger partial charge >= 0.3 is 12.1 Å².